The van der Waals surface area contributed by atoms with Crippen molar-refractivity contribution in [1.29, 1.82) is 0 Å². The Morgan fingerprint density at radius 1 is 0.932 bits per heavy atom. The van der Waals surface area contributed by atoms with Gasteiger partial charge >= 0.3 is 29.0 Å². The number of allylic oxidation sites excluding steroid dienone is 1. The van der Waals surface area contributed by atoms with Gasteiger partial charge in [-0.15, -0.1) is 16.4 Å². The summed E-state index contributed by atoms with van der Waals surface area (Å²) in [4.78, 5) is 38.7. The van der Waals surface area contributed by atoms with Gasteiger partial charge in [0.05, 0.1) is 0 Å². The number of hydrogen-bond donors (Lipinski definition) is 3. The second-order valence-corrected chi connectivity index (χ2v) is 11.3. The number of nitrogens with one attached hydrogen (secondary N) is 1. The molecule has 3 N–H and O–H groups in total. The first-order chi connectivity index (χ1) is 20.4. The second kappa shape index (κ2) is 12.8. The Balaban J connectivity index is 0.00000442. The molecule has 2 aliphatic rings. The smallest absolute Gasteiger partial charge is 0.661 e. The van der Waals surface area contributed by atoms with E-state index in [4.69, 9.17) is 9.97 Å². The van der Waals surface area contributed by atoms with Crippen LogP contribution in [-0.4, -0.2) is 38.1 Å². The van der Waals surface area contributed by atoms with Crippen LogP contribution < -0.4 is 20.7 Å². The summed E-state index contributed by atoms with van der Waals surface area (Å²) in [5.74, 6) is -1.76. The van der Waals surface area contributed by atoms with E-state index in [1.807, 2.05) is 43.1 Å². The molecule has 8 bridgehead atoms. The van der Waals surface area contributed by atoms with Crippen LogP contribution in [0.2, 0.25) is 0 Å². The van der Waals surface area contributed by atoms with Gasteiger partial charge < -0.3 is 30.1 Å². The van der Waals surface area contributed by atoms with Gasteiger partial charge in [-0.2, -0.15) is 5.69 Å². The van der Waals surface area contributed by atoms with Gasteiger partial charge in [0.2, 0.25) is 0 Å². The van der Waals surface area contributed by atoms with E-state index < -0.39 is 11.9 Å². The van der Waals surface area contributed by atoms with Crippen LogP contribution in [0.3, 0.4) is 0 Å². The average molecular weight is 634 g/mol. The Labute approximate surface area is 268 Å². The molecule has 8 nitrogen and oxygen atoms in total. The van der Waals surface area contributed by atoms with Crippen molar-refractivity contribution in [3.8, 4) is 0 Å². The third-order valence-corrected chi connectivity index (χ3v) is 8.89. The number of H-pyrrole nitrogens is 1. The van der Waals surface area contributed by atoms with Crippen LogP contribution in [0.15, 0.2) is 36.1 Å². The summed E-state index contributed by atoms with van der Waals surface area (Å²) >= 11 is 0. The van der Waals surface area contributed by atoms with Crippen molar-refractivity contribution in [1.82, 2.24) is 19.9 Å². The fourth-order valence-electron chi connectivity index (χ4n) is 6.37. The fraction of sp³-hybridized carbons (Fsp3) is 0.286. The van der Waals surface area contributed by atoms with Crippen LogP contribution in [0.4, 0.5) is 0 Å². The van der Waals surface area contributed by atoms with E-state index in [9.17, 15) is 19.8 Å². The molecule has 229 valence electrons. The molecule has 0 fully saturated rings. The number of aliphatic carboxylic acids is 2. The second-order valence-electron chi connectivity index (χ2n) is 11.3. The maximum atomic E-state index is 11.6. The summed E-state index contributed by atoms with van der Waals surface area (Å²) < 4.78 is 0. The summed E-state index contributed by atoms with van der Waals surface area (Å²) in [6.07, 6.45) is 10.9. The Bertz CT molecular complexity index is 1860. The summed E-state index contributed by atoms with van der Waals surface area (Å²) in [5, 5.41) is 20.3. The molecule has 3 aromatic rings. The fourth-order valence-corrected chi connectivity index (χ4v) is 6.37. The van der Waals surface area contributed by atoms with Crippen molar-refractivity contribution < 1.29 is 36.9 Å². The minimum atomic E-state index is -0.885. The van der Waals surface area contributed by atoms with Crippen LogP contribution in [0.5, 0.6) is 0 Å². The first-order valence-corrected chi connectivity index (χ1v) is 14.4. The van der Waals surface area contributed by atoms with Crippen molar-refractivity contribution >= 4 is 36.2 Å². The van der Waals surface area contributed by atoms with Crippen molar-refractivity contribution in [2.75, 3.05) is 0 Å². The first kappa shape index (κ1) is 32.7. The maximum Gasteiger partial charge on any atom is 3.00 e. The standard InChI is InChI=1S/C35H37N4O4.Fe/c1-8-22-18(3)28-17-33-23(9-2)21(6)32(39(33)7)16-27-20(5)25(11-13-35(42)43)31(38-27)15-30-24(10-12-34(40)41)19(4)26(36-30)14-29(22)37-28;/h8-9,14-16,33,38H,1-2,7,10-13,17H2,3-6H3,(H,40,41)(H,42,43);/q-3;+3/b26-14-,30-15-,32-16-;. The number of fused-ring (bicyclic) bond motifs is 8. The van der Waals surface area contributed by atoms with Crippen LogP contribution >= 0.6 is 0 Å². The number of hydrogen-bond acceptors (Lipinski definition) is 3. The minimum absolute atomic E-state index is 0. The molecular weight excluding hydrogens is 596 g/mol. The Kier molecular flexibility index (Phi) is 9.52. The zero-order valence-electron chi connectivity index (χ0n) is 25.5. The third kappa shape index (κ3) is 5.82. The summed E-state index contributed by atoms with van der Waals surface area (Å²) in [6.45, 7) is 16.2. The van der Waals surface area contributed by atoms with Crippen LogP contribution in [0.25, 0.3) is 24.3 Å². The largest absolute Gasteiger partial charge is 3.00 e. The summed E-state index contributed by atoms with van der Waals surface area (Å²) in [6, 6.07) is -0.0726. The van der Waals surface area contributed by atoms with Crippen molar-refractivity contribution in [2.45, 2.75) is 65.8 Å². The van der Waals surface area contributed by atoms with Crippen molar-refractivity contribution in [3.63, 3.8) is 0 Å². The third-order valence-electron chi connectivity index (χ3n) is 8.89. The molecule has 0 amide bonds. The average Bonchev–Trinajstić information content (AvgIpc) is 3.59. The molecule has 0 saturated carbocycles. The molecule has 5 rings (SSSR count). The van der Waals surface area contributed by atoms with Crippen LogP contribution in [0.1, 0.15) is 75.9 Å². The minimum Gasteiger partial charge on any atom is -0.661 e. The summed E-state index contributed by atoms with van der Waals surface area (Å²) in [5.41, 5.74) is 12.0. The molecule has 9 heteroatoms. The van der Waals surface area contributed by atoms with E-state index in [1.54, 1.807) is 0 Å². The molecule has 0 spiro atoms. The first-order valence-electron chi connectivity index (χ1n) is 14.4. The topological polar surface area (TPSA) is 122 Å². The molecule has 3 aromatic heterocycles. The number of aromatic amines is 1. The van der Waals surface area contributed by atoms with Crippen LogP contribution in [-0.2, 0) is 45.9 Å². The van der Waals surface area contributed by atoms with E-state index >= 15 is 0 Å². The van der Waals surface area contributed by atoms with E-state index in [0.717, 1.165) is 73.0 Å². The number of rotatable bonds is 8. The number of aromatic nitrogens is 3. The van der Waals surface area contributed by atoms with Gasteiger partial charge in [-0.25, -0.2) is 0 Å². The number of carboxylic acids is 2. The molecule has 0 saturated heterocycles. The Morgan fingerprint density at radius 3 is 2.20 bits per heavy atom. The van der Waals surface area contributed by atoms with Crippen LogP contribution in [0, 0.1) is 27.8 Å². The molecule has 44 heavy (non-hydrogen) atoms. The van der Waals surface area contributed by atoms with Crippen molar-refractivity contribution in [3.05, 3.63) is 110 Å². The maximum absolute atomic E-state index is 11.6. The molecule has 1 atom stereocenters. The number of carboxylic acid groups (broad SMARTS) is 2. The zero-order valence-corrected chi connectivity index (χ0v) is 26.6. The SMILES string of the molecule is C=CC1=C(C)/C2=C/c3[nH]c(c(CCC(=O)O)c3C)/C=c3\[n-]/c(c(C)c3CCC(=O)O)=C\c3[n-]c(c(C)c3C=C)CC1N2[CH2-].[Fe+3]. The molecule has 5 heterocycles. The molecule has 2 aliphatic heterocycles. The molecule has 1 unspecified atom stereocenters. The van der Waals surface area contributed by atoms with Gasteiger partial charge in [0.25, 0.3) is 0 Å². The van der Waals surface area contributed by atoms with E-state index in [0.29, 0.717) is 30.0 Å². The Hall–Kier alpha value is -4.20. The van der Waals surface area contributed by atoms with Gasteiger partial charge in [-0.3, -0.25) is 16.6 Å². The van der Waals surface area contributed by atoms with Gasteiger partial charge in [0, 0.05) is 36.0 Å². The summed E-state index contributed by atoms with van der Waals surface area (Å²) in [7, 11) is 4.44. The monoisotopic (exact) mass is 633 g/mol. The number of nitrogens with zero attached hydrogens (tertiary/aromatic N) is 3. The predicted molar refractivity (Wildman–Crippen MR) is 168 cm³/mol. The predicted octanol–water partition coefficient (Wildman–Crippen LogP) is 4.06. The van der Waals surface area contributed by atoms with Gasteiger partial charge in [-0.1, -0.05) is 54.2 Å². The van der Waals surface area contributed by atoms with Gasteiger partial charge in [0.1, 0.15) is 0 Å². The molecule has 0 aliphatic carbocycles. The van der Waals surface area contributed by atoms with E-state index in [-0.39, 0.29) is 36.0 Å². The normalized spacial score (nSPS) is 18.4. The van der Waals surface area contributed by atoms with Gasteiger partial charge in [0.15, 0.2) is 0 Å². The zero-order chi connectivity index (χ0) is 31.2. The number of carbonyl (C=O) groups is 2. The van der Waals surface area contributed by atoms with E-state index in [2.05, 4.69) is 45.1 Å². The van der Waals surface area contributed by atoms with E-state index in [1.165, 1.54) is 0 Å². The quantitative estimate of drug-likeness (QED) is 0.253. The van der Waals surface area contributed by atoms with Gasteiger partial charge in [-0.05, 0) is 80.9 Å². The Morgan fingerprint density at radius 2 is 1.59 bits per heavy atom. The van der Waals surface area contributed by atoms with Crippen molar-refractivity contribution in [2.24, 2.45) is 0 Å². The molecule has 1 radical (unpaired) electrons. The molecular formula is C35H37FeN4O4. The molecule has 0 aromatic carbocycles.